The molecule has 0 amide bonds. The van der Waals surface area contributed by atoms with Gasteiger partial charge in [0, 0.05) is 25.7 Å². The number of unbranched alkanes of at least 4 members (excludes halogenated alkanes) is 24. The largest absolute Gasteiger partial charge is 0.462 e. The molecule has 0 bridgehead atoms. The molecule has 432 valence electrons. The van der Waals surface area contributed by atoms with Crippen LogP contribution in [0.3, 0.4) is 0 Å². The molecule has 2 rings (SSSR count). The van der Waals surface area contributed by atoms with Crippen LogP contribution in [0, 0.1) is 10.8 Å². The number of Topliss-reactive ketones (excluding diaryl/α,β-unsaturated/α-hetero) is 1. The van der Waals surface area contributed by atoms with Gasteiger partial charge in [0.2, 0.25) is 0 Å². The average molecular weight is 1060 g/mol. The summed E-state index contributed by atoms with van der Waals surface area (Å²) in [6.07, 6.45) is 65.2. The quantitative estimate of drug-likeness (QED) is 0.0347. The Bertz CT molecular complexity index is 2080. The molecule has 0 fully saturated rings. The molecule has 2 atom stereocenters. The molecule has 0 aromatic rings. The molecule has 0 aromatic heterocycles. The highest BCUT2D eigenvalue weighted by Gasteiger charge is 2.40. The van der Waals surface area contributed by atoms with Gasteiger partial charge in [0.25, 0.3) is 0 Å². The summed E-state index contributed by atoms with van der Waals surface area (Å²) in [6.45, 7) is 25.8. The average Bonchev–Trinajstić information content (AvgIpc) is 3.36. The van der Waals surface area contributed by atoms with E-state index in [1.807, 2.05) is 6.92 Å². The van der Waals surface area contributed by atoms with Gasteiger partial charge in [0.15, 0.2) is 11.9 Å². The lowest BCUT2D eigenvalue weighted by Crippen LogP contribution is -2.39. The summed E-state index contributed by atoms with van der Waals surface area (Å²) in [5.41, 5.74) is 8.53. The van der Waals surface area contributed by atoms with Crippen molar-refractivity contribution in [3.05, 3.63) is 130 Å². The van der Waals surface area contributed by atoms with Crippen LogP contribution in [0.25, 0.3) is 0 Å². The molecule has 0 N–H and O–H groups in total. The number of allylic oxidation sites excluding steroid dienone is 20. The van der Waals surface area contributed by atoms with Crippen LogP contribution in [0.4, 0.5) is 0 Å². The van der Waals surface area contributed by atoms with Crippen molar-refractivity contribution in [3.63, 3.8) is 0 Å². The van der Waals surface area contributed by atoms with Crippen LogP contribution in [0.2, 0.25) is 0 Å². The molecule has 2 aliphatic carbocycles. The predicted molar refractivity (Wildman–Crippen MR) is 333 cm³/mol. The van der Waals surface area contributed by atoms with Crippen molar-refractivity contribution >= 4 is 17.7 Å². The standard InChI is InChI=1S/C72H114O5/c1-13-15-17-19-21-23-25-27-29-31-33-35-37-49-68(73)76-64-55-62(7)65(71(9,10)56-64)53-51-60(5)47-41-45-58(3)43-39-40-44-59(4)46-42-48-61(6)52-54-66-63(8)70(75)67(57-72(66,11)12)77-69(74)50-38-36-34-32-30-28-26-24-22-20-18-16-14-2/h39-48,51-54,64,67H,13-38,49-50,55-57H2,1-12H3/b40-39+,45-41+,46-42+,53-51+,54-52+,58-43+,59-44+,60-47+,61-48+. The van der Waals surface area contributed by atoms with Crippen molar-refractivity contribution in [3.8, 4) is 0 Å². The summed E-state index contributed by atoms with van der Waals surface area (Å²) in [5, 5.41) is 0. The molecule has 5 heteroatoms. The molecule has 77 heavy (non-hydrogen) atoms. The molecule has 0 radical (unpaired) electrons. The van der Waals surface area contributed by atoms with Crippen LogP contribution in [0.15, 0.2) is 130 Å². The van der Waals surface area contributed by atoms with E-state index in [1.54, 1.807) is 0 Å². The number of ketones is 1. The van der Waals surface area contributed by atoms with Crippen LogP contribution in [0.1, 0.15) is 282 Å². The summed E-state index contributed by atoms with van der Waals surface area (Å²) in [7, 11) is 0. The first kappa shape index (κ1) is 68.9. The van der Waals surface area contributed by atoms with Crippen molar-refractivity contribution in [1.29, 1.82) is 0 Å². The highest BCUT2D eigenvalue weighted by atomic mass is 16.5. The third kappa shape index (κ3) is 31.8. The number of ether oxygens (including phenoxy) is 2. The van der Waals surface area contributed by atoms with E-state index in [4.69, 9.17) is 9.47 Å². The SMILES string of the molecule is CCCCCCCCCCCCCCCC(=O)OC1CC(C)=C(/C=C/C(C)=C/C=C/C(C)=C/C=C/C=C(C)/C=C/C=C(C)/C=C/C2=C(C)C(=O)C(OC(=O)CCCCCCCCCCCCCCC)CC2(C)C)C(C)(C)C1. The third-order valence-corrected chi connectivity index (χ3v) is 15.8. The Morgan fingerprint density at radius 2 is 0.792 bits per heavy atom. The molecule has 2 aliphatic rings. The van der Waals surface area contributed by atoms with Gasteiger partial charge in [-0.15, -0.1) is 0 Å². The lowest BCUT2D eigenvalue weighted by molar-refractivity contribution is -0.156. The zero-order valence-corrected chi connectivity index (χ0v) is 51.7. The molecule has 0 heterocycles. The fourth-order valence-corrected chi connectivity index (χ4v) is 11.0. The zero-order chi connectivity index (χ0) is 56.7. The number of rotatable bonds is 40. The zero-order valence-electron chi connectivity index (χ0n) is 51.7. The highest BCUT2D eigenvalue weighted by Crippen LogP contribution is 2.43. The van der Waals surface area contributed by atoms with Crippen molar-refractivity contribution in [2.24, 2.45) is 10.8 Å². The van der Waals surface area contributed by atoms with Gasteiger partial charge < -0.3 is 9.47 Å². The van der Waals surface area contributed by atoms with Gasteiger partial charge in [-0.1, -0.05) is 309 Å². The molecule has 0 aliphatic heterocycles. The van der Waals surface area contributed by atoms with Crippen molar-refractivity contribution in [2.45, 2.75) is 294 Å². The first-order valence-electron chi connectivity index (χ1n) is 31.3. The Balaban J connectivity index is 1.76. The Kier molecular flexibility index (Phi) is 36.5. The lowest BCUT2D eigenvalue weighted by atomic mass is 9.71. The van der Waals surface area contributed by atoms with Gasteiger partial charge >= 0.3 is 11.9 Å². The molecule has 5 nitrogen and oxygen atoms in total. The van der Waals surface area contributed by atoms with Gasteiger partial charge in [-0.25, -0.2) is 0 Å². The molecular formula is C72H114O5. The number of esters is 2. The van der Waals surface area contributed by atoms with E-state index >= 15 is 0 Å². The molecule has 0 saturated heterocycles. The topological polar surface area (TPSA) is 69.7 Å². The molecule has 0 aromatic carbocycles. The number of carbonyl (C=O) groups excluding carboxylic acids is 3. The first-order valence-corrected chi connectivity index (χ1v) is 31.3. The fourth-order valence-electron chi connectivity index (χ4n) is 11.0. The van der Waals surface area contributed by atoms with Crippen molar-refractivity contribution in [1.82, 2.24) is 0 Å². The third-order valence-electron chi connectivity index (χ3n) is 15.8. The minimum atomic E-state index is -0.710. The maximum atomic E-state index is 13.4. The van der Waals surface area contributed by atoms with Gasteiger partial charge in [-0.05, 0) is 88.4 Å². The van der Waals surface area contributed by atoms with Crippen LogP contribution < -0.4 is 0 Å². The van der Waals surface area contributed by atoms with Crippen LogP contribution in [-0.4, -0.2) is 29.9 Å². The fraction of sp³-hybridized carbons (Fsp3) is 0.653. The first-order chi connectivity index (χ1) is 36.9. The predicted octanol–water partition coefficient (Wildman–Crippen LogP) is 21.8. The molecule has 0 saturated carbocycles. The Labute approximate surface area is 474 Å². The summed E-state index contributed by atoms with van der Waals surface area (Å²) in [6, 6.07) is 0. The normalized spacial score (nSPS) is 18.9. The van der Waals surface area contributed by atoms with Gasteiger partial charge in [0.05, 0.1) is 0 Å². The van der Waals surface area contributed by atoms with Gasteiger partial charge in [-0.2, -0.15) is 0 Å². The van der Waals surface area contributed by atoms with E-state index in [2.05, 4.69) is 161 Å². The van der Waals surface area contributed by atoms with E-state index in [1.165, 1.54) is 152 Å². The second-order valence-corrected chi connectivity index (χ2v) is 24.5. The number of hydrogen-bond acceptors (Lipinski definition) is 5. The summed E-state index contributed by atoms with van der Waals surface area (Å²) < 4.78 is 11.8. The minimum Gasteiger partial charge on any atom is -0.462 e. The van der Waals surface area contributed by atoms with E-state index in [9.17, 15) is 14.4 Å². The number of hydrogen-bond donors (Lipinski definition) is 0. The smallest absolute Gasteiger partial charge is 0.306 e. The molecule has 2 unspecified atom stereocenters. The van der Waals surface area contributed by atoms with Gasteiger partial charge in [0.1, 0.15) is 6.10 Å². The van der Waals surface area contributed by atoms with E-state index in [0.717, 1.165) is 67.2 Å². The van der Waals surface area contributed by atoms with Crippen LogP contribution in [-0.2, 0) is 23.9 Å². The molecule has 0 spiro atoms. The Morgan fingerprint density at radius 3 is 1.19 bits per heavy atom. The van der Waals surface area contributed by atoms with E-state index < -0.39 is 6.10 Å². The van der Waals surface area contributed by atoms with Crippen LogP contribution in [0.5, 0.6) is 0 Å². The monoisotopic (exact) mass is 1060 g/mol. The van der Waals surface area contributed by atoms with Crippen molar-refractivity contribution in [2.75, 3.05) is 0 Å². The highest BCUT2D eigenvalue weighted by molar-refractivity contribution is 6.01. The minimum absolute atomic E-state index is 0.0322. The maximum Gasteiger partial charge on any atom is 0.306 e. The second kappa shape index (κ2) is 40.9. The molecular weight excluding hydrogens is 945 g/mol. The lowest BCUT2D eigenvalue weighted by Gasteiger charge is -2.37. The van der Waals surface area contributed by atoms with Crippen molar-refractivity contribution < 1.29 is 23.9 Å². The van der Waals surface area contributed by atoms with E-state index in [-0.39, 0.29) is 34.7 Å². The number of carbonyl (C=O) groups is 3. The second-order valence-electron chi connectivity index (χ2n) is 24.5. The summed E-state index contributed by atoms with van der Waals surface area (Å²) in [4.78, 5) is 39.0. The van der Waals surface area contributed by atoms with E-state index in [0.29, 0.717) is 24.8 Å². The Hall–Kier alpha value is -4.25. The summed E-state index contributed by atoms with van der Waals surface area (Å²) in [5.74, 6) is -0.357. The maximum absolute atomic E-state index is 13.4. The summed E-state index contributed by atoms with van der Waals surface area (Å²) >= 11 is 0. The van der Waals surface area contributed by atoms with Crippen LogP contribution >= 0.6 is 0 Å². The Morgan fingerprint density at radius 1 is 0.455 bits per heavy atom. The van der Waals surface area contributed by atoms with Gasteiger partial charge in [-0.3, -0.25) is 14.4 Å².